The summed E-state index contributed by atoms with van der Waals surface area (Å²) in [6.45, 7) is 6.47. The first-order valence-electron chi connectivity index (χ1n) is 9.26. The zero-order valence-corrected chi connectivity index (χ0v) is 14.4. The van der Waals surface area contributed by atoms with Crippen molar-refractivity contribution in [3.63, 3.8) is 0 Å². The Balaban J connectivity index is 1.83. The number of hydrogen-bond acceptors (Lipinski definition) is 2. The zero-order chi connectivity index (χ0) is 15.6. The van der Waals surface area contributed by atoms with Crippen LogP contribution in [-0.2, 0) is 0 Å². The van der Waals surface area contributed by atoms with Crippen molar-refractivity contribution >= 4 is 0 Å². The van der Waals surface area contributed by atoms with E-state index in [1.807, 2.05) is 0 Å². The molecule has 1 unspecified atom stereocenters. The molecule has 0 aromatic heterocycles. The molecule has 0 spiro atoms. The monoisotopic (exact) mass is 303 g/mol. The number of para-hydroxylation sites is 1. The van der Waals surface area contributed by atoms with Gasteiger partial charge in [-0.15, -0.1) is 0 Å². The average molecular weight is 303 g/mol. The van der Waals surface area contributed by atoms with Crippen molar-refractivity contribution in [3.05, 3.63) is 29.8 Å². The highest BCUT2D eigenvalue weighted by Gasteiger charge is 2.16. The van der Waals surface area contributed by atoms with Crippen LogP contribution in [0.15, 0.2) is 24.3 Å². The average Bonchev–Trinajstić information content (AvgIpc) is 2.58. The lowest BCUT2D eigenvalue weighted by atomic mass is 9.89. The Bertz CT molecular complexity index is 412. The lowest BCUT2D eigenvalue weighted by Crippen LogP contribution is -2.27. The summed E-state index contributed by atoms with van der Waals surface area (Å²) in [5.74, 6) is 1.93. The van der Waals surface area contributed by atoms with Gasteiger partial charge in [0.2, 0.25) is 0 Å². The maximum absolute atomic E-state index is 6.01. The van der Waals surface area contributed by atoms with Crippen LogP contribution < -0.4 is 10.1 Å². The van der Waals surface area contributed by atoms with Gasteiger partial charge in [0.05, 0.1) is 6.61 Å². The number of ether oxygens (including phenoxy) is 1. The van der Waals surface area contributed by atoms with E-state index in [1.165, 1.54) is 50.5 Å². The molecule has 1 fully saturated rings. The van der Waals surface area contributed by atoms with Gasteiger partial charge in [-0.1, -0.05) is 57.2 Å². The number of unbranched alkanes of at least 4 members (excludes halogenated alkanes) is 2. The predicted molar refractivity (Wildman–Crippen MR) is 94.5 cm³/mol. The summed E-state index contributed by atoms with van der Waals surface area (Å²) < 4.78 is 6.01. The Hall–Kier alpha value is -1.02. The highest BCUT2D eigenvalue weighted by Crippen LogP contribution is 2.27. The summed E-state index contributed by atoms with van der Waals surface area (Å²) in [7, 11) is 0. The van der Waals surface area contributed by atoms with E-state index >= 15 is 0 Å². The SMILES string of the molecule is CCCCCOc1ccccc1C(C)NCC1CCCCC1. The Morgan fingerprint density at radius 2 is 1.91 bits per heavy atom. The molecule has 0 bridgehead atoms. The molecule has 1 atom stereocenters. The van der Waals surface area contributed by atoms with Crippen LogP contribution in [0.25, 0.3) is 0 Å². The van der Waals surface area contributed by atoms with E-state index in [-0.39, 0.29) is 0 Å². The minimum absolute atomic E-state index is 0.365. The molecule has 0 heterocycles. The van der Waals surface area contributed by atoms with Gasteiger partial charge in [0.1, 0.15) is 5.75 Å². The number of benzene rings is 1. The third kappa shape index (κ3) is 5.64. The first-order valence-corrected chi connectivity index (χ1v) is 9.26. The van der Waals surface area contributed by atoms with E-state index in [1.54, 1.807) is 0 Å². The molecule has 0 aliphatic heterocycles. The molecule has 1 aromatic carbocycles. The van der Waals surface area contributed by atoms with Gasteiger partial charge in [0, 0.05) is 11.6 Å². The first-order chi connectivity index (χ1) is 10.8. The van der Waals surface area contributed by atoms with Crippen LogP contribution in [0.3, 0.4) is 0 Å². The molecule has 1 saturated carbocycles. The summed E-state index contributed by atoms with van der Waals surface area (Å²) in [4.78, 5) is 0. The maximum atomic E-state index is 6.01. The second-order valence-electron chi connectivity index (χ2n) is 6.73. The van der Waals surface area contributed by atoms with Crippen molar-refractivity contribution in [1.82, 2.24) is 5.32 Å². The summed E-state index contributed by atoms with van der Waals surface area (Å²) in [6.07, 6.45) is 10.7. The first kappa shape index (κ1) is 17.3. The van der Waals surface area contributed by atoms with Crippen molar-refractivity contribution in [1.29, 1.82) is 0 Å². The van der Waals surface area contributed by atoms with Gasteiger partial charge < -0.3 is 10.1 Å². The van der Waals surface area contributed by atoms with E-state index in [0.29, 0.717) is 6.04 Å². The van der Waals surface area contributed by atoms with Crippen LogP contribution in [0, 0.1) is 5.92 Å². The van der Waals surface area contributed by atoms with Crippen LogP contribution in [0.2, 0.25) is 0 Å². The molecule has 1 aliphatic carbocycles. The Labute approximate surface area is 136 Å². The van der Waals surface area contributed by atoms with Gasteiger partial charge in [0.15, 0.2) is 0 Å². The third-order valence-electron chi connectivity index (χ3n) is 4.83. The minimum atomic E-state index is 0.365. The van der Waals surface area contributed by atoms with Crippen molar-refractivity contribution in [3.8, 4) is 5.75 Å². The molecule has 0 amide bonds. The fourth-order valence-corrected chi connectivity index (χ4v) is 3.35. The van der Waals surface area contributed by atoms with Gasteiger partial charge in [0.25, 0.3) is 0 Å². The van der Waals surface area contributed by atoms with Crippen LogP contribution in [0.1, 0.15) is 76.8 Å². The van der Waals surface area contributed by atoms with E-state index in [0.717, 1.165) is 31.2 Å². The van der Waals surface area contributed by atoms with Crippen molar-refractivity contribution in [2.24, 2.45) is 5.92 Å². The van der Waals surface area contributed by atoms with Gasteiger partial charge >= 0.3 is 0 Å². The van der Waals surface area contributed by atoms with E-state index in [4.69, 9.17) is 4.74 Å². The normalized spacial score (nSPS) is 17.4. The highest BCUT2D eigenvalue weighted by atomic mass is 16.5. The van der Waals surface area contributed by atoms with E-state index in [2.05, 4.69) is 43.4 Å². The molecule has 0 saturated heterocycles. The Morgan fingerprint density at radius 1 is 1.14 bits per heavy atom. The molecule has 124 valence electrons. The predicted octanol–water partition coefficient (Wildman–Crippen LogP) is 5.49. The minimum Gasteiger partial charge on any atom is -0.493 e. The molecular weight excluding hydrogens is 270 g/mol. The van der Waals surface area contributed by atoms with Gasteiger partial charge in [-0.05, 0) is 44.7 Å². The van der Waals surface area contributed by atoms with E-state index in [9.17, 15) is 0 Å². The third-order valence-corrected chi connectivity index (χ3v) is 4.83. The molecule has 2 rings (SSSR count). The van der Waals surface area contributed by atoms with Crippen molar-refractivity contribution in [2.45, 2.75) is 71.3 Å². The summed E-state index contributed by atoms with van der Waals surface area (Å²) in [5, 5.41) is 3.73. The lowest BCUT2D eigenvalue weighted by molar-refractivity contribution is 0.296. The molecule has 1 aromatic rings. The number of hydrogen-bond donors (Lipinski definition) is 1. The molecule has 2 heteroatoms. The lowest BCUT2D eigenvalue weighted by Gasteiger charge is -2.25. The molecule has 0 radical (unpaired) electrons. The maximum Gasteiger partial charge on any atom is 0.124 e. The fourth-order valence-electron chi connectivity index (χ4n) is 3.35. The number of nitrogens with one attached hydrogen (secondary N) is 1. The zero-order valence-electron chi connectivity index (χ0n) is 14.4. The molecule has 1 N–H and O–H groups in total. The summed E-state index contributed by atoms with van der Waals surface area (Å²) >= 11 is 0. The van der Waals surface area contributed by atoms with E-state index < -0.39 is 0 Å². The van der Waals surface area contributed by atoms with Crippen LogP contribution in [-0.4, -0.2) is 13.2 Å². The standard InChI is InChI=1S/C20H33NO/c1-3-4-10-15-22-20-14-9-8-13-19(20)17(2)21-16-18-11-6-5-7-12-18/h8-9,13-14,17-18,21H,3-7,10-12,15-16H2,1-2H3. The van der Waals surface area contributed by atoms with Crippen molar-refractivity contribution in [2.75, 3.05) is 13.2 Å². The highest BCUT2D eigenvalue weighted by molar-refractivity contribution is 5.35. The van der Waals surface area contributed by atoms with Gasteiger partial charge in [-0.25, -0.2) is 0 Å². The van der Waals surface area contributed by atoms with Crippen LogP contribution >= 0.6 is 0 Å². The second-order valence-corrected chi connectivity index (χ2v) is 6.73. The Morgan fingerprint density at radius 3 is 2.68 bits per heavy atom. The smallest absolute Gasteiger partial charge is 0.124 e. The second kappa shape index (κ2) is 9.89. The van der Waals surface area contributed by atoms with Crippen LogP contribution in [0.4, 0.5) is 0 Å². The summed E-state index contributed by atoms with van der Waals surface area (Å²) in [6, 6.07) is 8.87. The molecule has 22 heavy (non-hydrogen) atoms. The molecular formula is C20H33NO. The Kier molecular flexibility index (Phi) is 7.79. The largest absolute Gasteiger partial charge is 0.493 e. The van der Waals surface area contributed by atoms with Crippen LogP contribution in [0.5, 0.6) is 5.75 Å². The molecule has 2 nitrogen and oxygen atoms in total. The van der Waals surface area contributed by atoms with Crippen molar-refractivity contribution < 1.29 is 4.74 Å². The fraction of sp³-hybridized carbons (Fsp3) is 0.700. The molecule has 1 aliphatic rings. The topological polar surface area (TPSA) is 21.3 Å². The number of rotatable bonds is 9. The van der Waals surface area contributed by atoms with Gasteiger partial charge in [-0.3, -0.25) is 0 Å². The summed E-state index contributed by atoms with van der Waals surface area (Å²) in [5.41, 5.74) is 1.30. The quantitative estimate of drug-likeness (QED) is 0.609. The van der Waals surface area contributed by atoms with Gasteiger partial charge in [-0.2, -0.15) is 0 Å².